The second-order valence-corrected chi connectivity index (χ2v) is 5.06. The zero-order valence-corrected chi connectivity index (χ0v) is 11.7. The molecule has 2 heterocycles. The van der Waals surface area contributed by atoms with Gasteiger partial charge >= 0.3 is 0 Å². The zero-order valence-electron chi connectivity index (χ0n) is 10.9. The quantitative estimate of drug-likeness (QED) is 0.869. The van der Waals surface area contributed by atoms with Crippen LogP contribution in [0.4, 0.5) is 0 Å². The molecular formula is C12H16N4O2S. The van der Waals surface area contributed by atoms with Gasteiger partial charge in [0.1, 0.15) is 18.4 Å². The molecule has 2 rings (SSSR count). The Balaban J connectivity index is 1.88. The van der Waals surface area contributed by atoms with Crippen molar-refractivity contribution in [3.63, 3.8) is 0 Å². The highest BCUT2D eigenvalue weighted by Gasteiger charge is 2.14. The van der Waals surface area contributed by atoms with Crippen molar-refractivity contribution in [3.8, 4) is 0 Å². The van der Waals surface area contributed by atoms with Gasteiger partial charge in [-0.05, 0) is 25.3 Å². The number of aromatic nitrogens is 3. The largest absolute Gasteiger partial charge is 0.455 e. The van der Waals surface area contributed by atoms with E-state index in [1.165, 1.54) is 6.33 Å². The van der Waals surface area contributed by atoms with Crippen molar-refractivity contribution in [2.75, 3.05) is 6.26 Å². The van der Waals surface area contributed by atoms with Crippen LogP contribution in [0.15, 0.2) is 29.2 Å². The third-order valence-electron chi connectivity index (χ3n) is 2.48. The van der Waals surface area contributed by atoms with Crippen LogP contribution in [0.2, 0.25) is 0 Å². The molecule has 1 unspecified atom stereocenters. The molecule has 1 N–H and O–H groups in total. The van der Waals surface area contributed by atoms with E-state index in [-0.39, 0.29) is 11.9 Å². The van der Waals surface area contributed by atoms with Gasteiger partial charge in [0.05, 0.1) is 12.3 Å². The van der Waals surface area contributed by atoms with E-state index in [1.807, 2.05) is 19.2 Å². The fourth-order valence-corrected chi connectivity index (χ4v) is 2.11. The predicted octanol–water partition coefficient (Wildman–Crippen LogP) is 1.55. The first kappa shape index (κ1) is 13.7. The van der Waals surface area contributed by atoms with E-state index in [4.69, 9.17) is 4.42 Å². The van der Waals surface area contributed by atoms with Gasteiger partial charge in [-0.3, -0.25) is 9.48 Å². The van der Waals surface area contributed by atoms with Crippen molar-refractivity contribution in [2.45, 2.75) is 25.3 Å². The van der Waals surface area contributed by atoms with Gasteiger partial charge in [0.25, 0.3) is 5.91 Å². The van der Waals surface area contributed by atoms with E-state index >= 15 is 0 Å². The molecule has 6 nitrogen and oxygen atoms in total. The minimum atomic E-state index is -0.208. The molecule has 2 aromatic heterocycles. The molecule has 0 saturated carbocycles. The summed E-state index contributed by atoms with van der Waals surface area (Å²) in [5.74, 6) is 1.71. The van der Waals surface area contributed by atoms with Gasteiger partial charge in [-0.2, -0.15) is 16.9 Å². The highest BCUT2D eigenvalue weighted by molar-refractivity contribution is 7.97. The van der Waals surface area contributed by atoms with E-state index in [0.29, 0.717) is 12.3 Å². The van der Waals surface area contributed by atoms with Crippen molar-refractivity contribution < 1.29 is 9.21 Å². The van der Waals surface area contributed by atoms with Gasteiger partial charge in [-0.25, -0.2) is 4.98 Å². The Bertz CT molecular complexity index is 524. The highest BCUT2D eigenvalue weighted by Crippen LogP contribution is 2.13. The molecule has 0 aromatic carbocycles. The molecule has 0 fully saturated rings. The number of carbonyl (C=O) groups is 1. The number of rotatable bonds is 6. The van der Waals surface area contributed by atoms with Crippen LogP contribution in [-0.4, -0.2) is 33.0 Å². The summed E-state index contributed by atoms with van der Waals surface area (Å²) in [6.45, 7) is 2.48. The third kappa shape index (κ3) is 3.85. The smallest absolute Gasteiger partial charge is 0.287 e. The van der Waals surface area contributed by atoms with E-state index in [1.54, 1.807) is 28.8 Å². The first-order valence-electron chi connectivity index (χ1n) is 5.90. The van der Waals surface area contributed by atoms with Crippen LogP contribution >= 0.6 is 11.8 Å². The molecule has 1 amide bonds. The summed E-state index contributed by atoms with van der Waals surface area (Å²) < 4.78 is 7.13. The van der Waals surface area contributed by atoms with Crippen molar-refractivity contribution in [3.05, 3.63) is 36.3 Å². The number of nitrogens with zero attached hydrogens (tertiary/aromatic N) is 3. The molecule has 102 valence electrons. The van der Waals surface area contributed by atoms with Crippen LogP contribution in [0.25, 0.3) is 0 Å². The van der Waals surface area contributed by atoms with Gasteiger partial charge in [0.2, 0.25) is 0 Å². The Labute approximate surface area is 115 Å². The Morgan fingerprint density at radius 1 is 1.58 bits per heavy atom. The lowest BCUT2D eigenvalue weighted by molar-refractivity contribution is 0.0906. The lowest BCUT2D eigenvalue weighted by atomic mass is 10.3. The second-order valence-electron chi connectivity index (χ2n) is 4.19. The van der Waals surface area contributed by atoms with Crippen LogP contribution < -0.4 is 5.32 Å². The molecular weight excluding hydrogens is 264 g/mol. The average Bonchev–Trinajstić information content (AvgIpc) is 3.00. The molecule has 0 aliphatic heterocycles. The predicted molar refractivity (Wildman–Crippen MR) is 72.9 cm³/mol. The van der Waals surface area contributed by atoms with E-state index in [0.717, 1.165) is 11.5 Å². The summed E-state index contributed by atoms with van der Waals surface area (Å²) in [5.41, 5.74) is 0. The van der Waals surface area contributed by atoms with Crippen molar-refractivity contribution >= 4 is 17.7 Å². The van der Waals surface area contributed by atoms with Gasteiger partial charge in [-0.1, -0.05) is 0 Å². The fourth-order valence-electron chi connectivity index (χ4n) is 1.67. The van der Waals surface area contributed by atoms with E-state index in [9.17, 15) is 4.79 Å². The minimum Gasteiger partial charge on any atom is -0.455 e. The molecule has 0 radical (unpaired) electrons. The topological polar surface area (TPSA) is 73.0 Å². The SMILES string of the molecule is CSCc1ccc(C(=O)NC(C)Cn2cncn2)o1. The summed E-state index contributed by atoms with van der Waals surface area (Å²) in [6.07, 6.45) is 5.07. The zero-order chi connectivity index (χ0) is 13.7. The standard InChI is InChI=1S/C12H16N4O2S/c1-9(5-16-8-13-7-14-16)15-12(17)11-4-3-10(18-11)6-19-2/h3-4,7-9H,5-6H2,1-2H3,(H,15,17). The number of nitrogens with one attached hydrogen (secondary N) is 1. The van der Waals surface area contributed by atoms with Crippen molar-refractivity contribution in [1.82, 2.24) is 20.1 Å². The van der Waals surface area contributed by atoms with Crippen molar-refractivity contribution in [2.24, 2.45) is 0 Å². The first-order chi connectivity index (χ1) is 9.19. The maximum atomic E-state index is 11.9. The van der Waals surface area contributed by atoms with Crippen LogP contribution in [0, 0.1) is 0 Å². The van der Waals surface area contributed by atoms with Crippen LogP contribution in [-0.2, 0) is 12.3 Å². The summed E-state index contributed by atoms with van der Waals surface area (Å²) >= 11 is 1.65. The van der Waals surface area contributed by atoms with Gasteiger partial charge in [-0.15, -0.1) is 0 Å². The Hall–Kier alpha value is -1.76. The molecule has 19 heavy (non-hydrogen) atoms. The number of amides is 1. The van der Waals surface area contributed by atoms with E-state index < -0.39 is 0 Å². The molecule has 0 aliphatic rings. The fraction of sp³-hybridized carbons (Fsp3) is 0.417. The van der Waals surface area contributed by atoms with Gasteiger partial charge in [0, 0.05) is 6.04 Å². The first-order valence-corrected chi connectivity index (χ1v) is 7.29. The van der Waals surface area contributed by atoms with Gasteiger partial charge < -0.3 is 9.73 Å². The van der Waals surface area contributed by atoms with Crippen molar-refractivity contribution in [1.29, 1.82) is 0 Å². The molecule has 7 heteroatoms. The molecule has 1 atom stereocenters. The molecule has 0 aliphatic carbocycles. The monoisotopic (exact) mass is 280 g/mol. The number of thioether (sulfide) groups is 1. The van der Waals surface area contributed by atoms with Crippen LogP contribution in [0.3, 0.4) is 0 Å². The third-order valence-corrected chi connectivity index (χ3v) is 3.05. The highest BCUT2D eigenvalue weighted by atomic mass is 32.2. The Morgan fingerprint density at radius 3 is 3.11 bits per heavy atom. The molecule has 2 aromatic rings. The van der Waals surface area contributed by atoms with Gasteiger partial charge in [0.15, 0.2) is 5.76 Å². The summed E-state index contributed by atoms with van der Waals surface area (Å²) in [6, 6.07) is 3.47. The number of hydrogen-bond donors (Lipinski definition) is 1. The lowest BCUT2D eigenvalue weighted by Gasteiger charge is -2.12. The maximum absolute atomic E-state index is 11.9. The molecule has 0 bridgehead atoms. The Kier molecular flexibility index (Phi) is 4.62. The van der Waals surface area contributed by atoms with Crippen LogP contribution in [0.5, 0.6) is 0 Å². The lowest BCUT2D eigenvalue weighted by Crippen LogP contribution is -2.35. The maximum Gasteiger partial charge on any atom is 0.287 e. The molecule has 0 saturated heterocycles. The summed E-state index contributed by atoms with van der Waals surface area (Å²) in [7, 11) is 0. The number of furan rings is 1. The summed E-state index contributed by atoms with van der Waals surface area (Å²) in [5, 5.41) is 6.85. The summed E-state index contributed by atoms with van der Waals surface area (Å²) in [4.78, 5) is 15.8. The average molecular weight is 280 g/mol. The normalized spacial score (nSPS) is 12.3. The minimum absolute atomic E-state index is 0.0525. The molecule has 0 spiro atoms. The van der Waals surface area contributed by atoms with E-state index in [2.05, 4.69) is 15.4 Å². The Morgan fingerprint density at radius 2 is 2.42 bits per heavy atom. The number of carbonyl (C=O) groups excluding carboxylic acids is 1. The number of hydrogen-bond acceptors (Lipinski definition) is 5. The second kappa shape index (κ2) is 6.42. The van der Waals surface area contributed by atoms with Crippen LogP contribution in [0.1, 0.15) is 23.2 Å².